The maximum Gasteiger partial charge on any atom is 0.352 e. The van der Waals surface area contributed by atoms with Gasteiger partial charge in [0.15, 0.2) is 11.9 Å². The van der Waals surface area contributed by atoms with Gasteiger partial charge in [-0.15, -0.1) is 0 Å². The van der Waals surface area contributed by atoms with Crippen molar-refractivity contribution in [3.8, 4) is 11.5 Å². The number of hydrogen-bond donors (Lipinski definition) is 0. The molecule has 3 aromatic rings. The van der Waals surface area contributed by atoms with Crippen molar-refractivity contribution in [3.63, 3.8) is 0 Å². The fourth-order valence-corrected chi connectivity index (χ4v) is 2.39. The molecule has 0 aliphatic heterocycles. The summed E-state index contributed by atoms with van der Waals surface area (Å²) in [7, 11) is 0. The van der Waals surface area contributed by atoms with Crippen molar-refractivity contribution in [1.82, 2.24) is 0 Å². The van der Waals surface area contributed by atoms with Gasteiger partial charge in [0.25, 0.3) is 0 Å². The average Bonchev–Trinajstić information content (AvgIpc) is 2.69. The summed E-state index contributed by atoms with van der Waals surface area (Å²) in [6.07, 6.45) is -0.784. The number of halogens is 1. The monoisotopic (exact) mass is 364 g/mol. The molecule has 0 spiro atoms. The standard InChI is InChI=1S/C22H17FO4/c1-15(26-19-5-3-2-4-6-19)22(25)27-20-13-9-17(10-14-20)21(24)16-7-11-18(23)12-8-16/h2-15H,1H3/t15-/m1/s1. The molecule has 136 valence electrons. The molecule has 1 atom stereocenters. The van der Waals surface area contributed by atoms with Crippen LogP contribution in [0.5, 0.6) is 11.5 Å². The molecule has 4 nitrogen and oxygen atoms in total. The van der Waals surface area contributed by atoms with E-state index in [1.165, 1.54) is 36.4 Å². The van der Waals surface area contributed by atoms with Crippen LogP contribution in [-0.2, 0) is 4.79 Å². The zero-order chi connectivity index (χ0) is 19.2. The minimum absolute atomic E-state index is 0.242. The van der Waals surface area contributed by atoms with E-state index in [0.29, 0.717) is 22.6 Å². The Hall–Kier alpha value is -3.47. The smallest absolute Gasteiger partial charge is 0.352 e. The first-order valence-electron chi connectivity index (χ1n) is 8.36. The van der Waals surface area contributed by atoms with Gasteiger partial charge < -0.3 is 9.47 Å². The van der Waals surface area contributed by atoms with Crippen LogP contribution in [0.25, 0.3) is 0 Å². The molecule has 0 radical (unpaired) electrons. The molecule has 3 rings (SSSR count). The number of hydrogen-bond acceptors (Lipinski definition) is 4. The van der Waals surface area contributed by atoms with Crippen LogP contribution in [0, 0.1) is 5.82 Å². The average molecular weight is 364 g/mol. The number of rotatable bonds is 6. The van der Waals surface area contributed by atoms with Crippen molar-refractivity contribution >= 4 is 11.8 Å². The molecule has 0 aliphatic carbocycles. The third-order valence-electron chi connectivity index (χ3n) is 3.83. The zero-order valence-electron chi connectivity index (χ0n) is 14.6. The molecule has 27 heavy (non-hydrogen) atoms. The molecule has 0 heterocycles. The first kappa shape index (κ1) is 18.3. The topological polar surface area (TPSA) is 52.6 Å². The molecule has 0 N–H and O–H groups in total. The summed E-state index contributed by atoms with van der Waals surface area (Å²) in [5.74, 6) is -0.313. The molecule has 3 aromatic carbocycles. The fraction of sp³-hybridized carbons (Fsp3) is 0.0909. The number of ketones is 1. The van der Waals surface area contributed by atoms with Crippen LogP contribution in [0.1, 0.15) is 22.8 Å². The lowest BCUT2D eigenvalue weighted by Crippen LogP contribution is -2.28. The van der Waals surface area contributed by atoms with Gasteiger partial charge in [-0.25, -0.2) is 9.18 Å². The highest BCUT2D eigenvalue weighted by atomic mass is 19.1. The van der Waals surface area contributed by atoms with Crippen molar-refractivity contribution in [1.29, 1.82) is 0 Å². The van der Waals surface area contributed by atoms with E-state index in [9.17, 15) is 14.0 Å². The van der Waals surface area contributed by atoms with E-state index in [0.717, 1.165) is 0 Å². The normalized spacial score (nSPS) is 11.5. The third-order valence-corrected chi connectivity index (χ3v) is 3.83. The van der Waals surface area contributed by atoms with E-state index in [2.05, 4.69) is 0 Å². The Balaban J connectivity index is 1.62. The van der Waals surface area contributed by atoms with E-state index in [1.807, 2.05) is 18.2 Å². The molecular formula is C22H17FO4. The summed E-state index contributed by atoms with van der Waals surface area (Å²) < 4.78 is 23.8. The largest absolute Gasteiger partial charge is 0.479 e. The maximum atomic E-state index is 13.0. The van der Waals surface area contributed by atoms with Crippen molar-refractivity contribution in [2.24, 2.45) is 0 Å². The van der Waals surface area contributed by atoms with Gasteiger partial charge in [0.2, 0.25) is 0 Å². The van der Waals surface area contributed by atoms with E-state index < -0.39 is 17.9 Å². The molecule has 0 amide bonds. The number of esters is 1. The van der Waals surface area contributed by atoms with Gasteiger partial charge in [0.1, 0.15) is 17.3 Å². The Bertz CT molecular complexity index is 919. The minimum atomic E-state index is -0.784. The highest BCUT2D eigenvalue weighted by Crippen LogP contribution is 2.17. The highest BCUT2D eigenvalue weighted by Gasteiger charge is 2.17. The summed E-state index contributed by atoms with van der Waals surface area (Å²) in [4.78, 5) is 24.5. The summed E-state index contributed by atoms with van der Waals surface area (Å²) in [6, 6.07) is 20.5. The Morgan fingerprint density at radius 1 is 0.778 bits per heavy atom. The quantitative estimate of drug-likeness (QED) is 0.369. The molecule has 0 saturated heterocycles. The minimum Gasteiger partial charge on any atom is -0.479 e. The van der Waals surface area contributed by atoms with E-state index in [-0.39, 0.29) is 5.78 Å². The third kappa shape index (κ3) is 4.79. The van der Waals surface area contributed by atoms with E-state index >= 15 is 0 Å². The lowest BCUT2D eigenvalue weighted by molar-refractivity contribution is -0.141. The molecule has 0 fully saturated rings. The van der Waals surface area contributed by atoms with Gasteiger partial charge in [-0.3, -0.25) is 4.79 Å². The summed E-state index contributed by atoms with van der Waals surface area (Å²) in [5, 5.41) is 0. The second-order valence-corrected chi connectivity index (χ2v) is 5.85. The predicted octanol–water partition coefficient (Wildman–Crippen LogP) is 4.43. The van der Waals surface area contributed by atoms with Crippen LogP contribution in [-0.4, -0.2) is 17.9 Å². The van der Waals surface area contributed by atoms with Crippen LogP contribution in [0.3, 0.4) is 0 Å². The number of carbonyl (C=O) groups excluding carboxylic acids is 2. The number of para-hydroxylation sites is 1. The van der Waals surface area contributed by atoms with Crippen LogP contribution in [0.15, 0.2) is 78.9 Å². The van der Waals surface area contributed by atoms with E-state index in [1.54, 1.807) is 31.2 Å². The Kier molecular flexibility index (Phi) is 5.61. The second kappa shape index (κ2) is 8.27. The second-order valence-electron chi connectivity index (χ2n) is 5.85. The molecule has 0 saturated carbocycles. The Labute approximate surface area is 156 Å². The number of carbonyl (C=O) groups is 2. The van der Waals surface area contributed by atoms with Crippen LogP contribution in [0.4, 0.5) is 4.39 Å². The number of ether oxygens (including phenoxy) is 2. The van der Waals surface area contributed by atoms with Crippen molar-refractivity contribution in [2.75, 3.05) is 0 Å². The molecule has 5 heteroatoms. The van der Waals surface area contributed by atoms with Gasteiger partial charge in [-0.1, -0.05) is 18.2 Å². The maximum absolute atomic E-state index is 13.0. The lowest BCUT2D eigenvalue weighted by Gasteiger charge is -2.13. The number of benzene rings is 3. The molecule has 0 unspecified atom stereocenters. The zero-order valence-corrected chi connectivity index (χ0v) is 14.6. The summed E-state index contributed by atoms with van der Waals surface area (Å²) in [5.41, 5.74) is 0.793. The molecule has 0 aromatic heterocycles. The van der Waals surface area contributed by atoms with Crippen molar-refractivity contribution in [3.05, 3.63) is 95.8 Å². The van der Waals surface area contributed by atoms with Gasteiger partial charge >= 0.3 is 5.97 Å². The molecule has 0 bridgehead atoms. The Morgan fingerprint density at radius 2 is 1.33 bits per heavy atom. The first-order valence-corrected chi connectivity index (χ1v) is 8.36. The van der Waals surface area contributed by atoms with E-state index in [4.69, 9.17) is 9.47 Å². The summed E-state index contributed by atoms with van der Waals surface area (Å²) in [6.45, 7) is 1.60. The molecular weight excluding hydrogens is 347 g/mol. The van der Waals surface area contributed by atoms with Crippen molar-refractivity contribution in [2.45, 2.75) is 13.0 Å². The van der Waals surface area contributed by atoms with Crippen LogP contribution in [0.2, 0.25) is 0 Å². The predicted molar refractivity (Wildman–Crippen MR) is 98.4 cm³/mol. The fourth-order valence-electron chi connectivity index (χ4n) is 2.39. The van der Waals surface area contributed by atoms with Crippen LogP contribution >= 0.6 is 0 Å². The van der Waals surface area contributed by atoms with Gasteiger partial charge in [-0.05, 0) is 67.6 Å². The van der Waals surface area contributed by atoms with Gasteiger partial charge in [-0.2, -0.15) is 0 Å². The first-order chi connectivity index (χ1) is 13.0. The molecule has 0 aliphatic rings. The van der Waals surface area contributed by atoms with Gasteiger partial charge in [0.05, 0.1) is 0 Å². The van der Waals surface area contributed by atoms with Crippen molar-refractivity contribution < 1.29 is 23.5 Å². The Morgan fingerprint density at radius 3 is 1.93 bits per heavy atom. The highest BCUT2D eigenvalue weighted by molar-refractivity contribution is 6.09. The lowest BCUT2D eigenvalue weighted by atomic mass is 10.0. The summed E-state index contributed by atoms with van der Waals surface area (Å²) >= 11 is 0. The van der Waals surface area contributed by atoms with Gasteiger partial charge in [0, 0.05) is 11.1 Å². The SMILES string of the molecule is C[C@@H](Oc1ccccc1)C(=O)Oc1ccc(C(=O)c2ccc(F)cc2)cc1. The van der Waals surface area contributed by atoms with Crippen LogP contribution < -0.4 is 9.47 Å².